The molecule has 2 amide bonds. The summed E-state index contributed by atoms with van der Waals surface area (Å²) in [5.41, 5.74) is 3.89. The molecule has 2 N–H and O–H groups in total. The Bertz CT molecular complexity index is 1020. The van der Waals surface area contributed by atoms with Crippen molar-refractivity contribution < 1.29 is 9.59 Å². The standard InChI is InChI=1S/C25H29N5O2/c31-24(27-17-21-4-3-5-22(16-21)18-30-15-11-26-19-30)25(32)28-23-8-6-20(7-9-23)10-14-29-12-1-2-13-29/h3-9,11,15-16,19H,1-2,10,12-14,17-18H2,(H,27,31)(H,28,32). The normalized spacial score (nSPS) is 13.8. The first-order chi connectivity index (χ1) is 15.7. The van der Waals surface area contributed by atoms with Crippen molar-refractivity contribution in [2.24, 2.45) is 0 Å². The van der Waals surface area contributed by atoms with Crippen molar-refractivity contribution in [2.75, 3.05) is 25.0 Å². The van der Waals surface area contributed by atoms with Crippen molar-refractivity contribution in [3.8, 4) is 0 Å². The number of nitrogens with one attached hydrogen (secondary N) is 2. The second-order valence-corrected chi connectivity index (χ2v) is 8.19. The Morgan fingerprint density at radius 3 is 2.47 bits per heavy atom. The largest absolute Gasteiger partial charge is 0.344 e. The summed E-state index contributed by atoms with van der Waals surface area (Å²) in [7, 11) is 0. The first kappa shape index (κ1) is 21.8. The molecule has 2 aromatic carbocycles. The van der Waals surface area contributed by atoms with Crippen LogP contribution in [0.25, 0.3) is 0 Å². The molecule has 7 heteroatoms. The van der Waals surface area contributed by atoms with Crippen molar-refractivity contribution in [1.29, 1.82) is 0 Å². The van der Waals surface area contributed by atoms with Gasteiger partial charge in [0, 0.05) is 37.7 Å². The molecule has 3 aromatic rings. The number of carbonyl (C=O) groups excluding carboxylic acids is 2. The number of hydrogen-bond acceptors (Lipinski definition) is 4. The van der Waals surface area contributed by atoms with Crippen molar-refractivity contribution in [3.63, 3.8) is 0 Å². The van der Waals surface area contributed by atoms with Crippen LogP contribution in [0.2, 0.25) is 0 Å². The third-order valence-corrected chi connectivity index (χ3v) is 5.70. The Kier molecular flexibility index (Phi) is 7.30. The molecule has 32 heavy (non-hydrogen) atoms. The van der Waals surface area contributed by atoms with E-state index in [0.29, 0.717) is 18.8 Å². The average molecular weight is 432 g/mol. The molecule has 1 aliphatic rings. The molecule has 0 radical (unpaired) electrons. The SMILES string of the molecule is O=C(NCc1cccc(Cn2ccnc2)c1)C(=O)Nc1ccc(CCN2CCCC2)cc1. The van der Waals surface area contributed by atoms with Gasteiger partial charge < -0.3 is 20.1 Å². The van der Waals surface area contributed by atoms with E-state index in [-0.39, 0.29) is 0 Å². The summed E-state index contributed by atoms with van der Waals surface area (Å²) in [6.45, 7) is 4.45. The molecular weight excluding hydrogens is 402 g/mol. The van der Waals surface area contributed by atoms with Crippen LogP contribution in [-0.2, 0) is 29.1 Å². The van der Waals surface area contributed by atoms with Crippen LogP contribution >= 0.6 is 0 Å². The van der Waals surface area contributed by atoms with Crippen LogP contribution in [-0.4, -0.2) is 45.9 Å². The highest BCUT2D eigenvalue weighted by Crippen LogP contribution is 2.13. The van der Waals surface area contributed by atoms with Gasteiger partial charge in [-0.1, -0.05) is 36.4 Å². The number of likely N-dealkylation sites (tertiary alicyclic amines) is 1. The van der Waals surface area contributed by atoms with E-state index in [1.54, 1.807) is 12.5 Å². The lowest BCUT2D eigenvalue weighted by molar-refractivity contribution is -0.136. The minimum absolute atomic E-state index is 0.291. The third kappa shape index (κ3) is 6.28. The molecule has 7 nitrogen and oxygen atoms in total. The van der Waals surface area contributed by atoms with E-state index < -0.39 is 11.8 Å². The van der Waals surface area contributed by atoms with E-state index in [0.717, 1.165) is 24.1 Å². The lowest BCUT2D eigenvalue weighted by Gasteiger charge is -2.14. The topological polar surface area (TPSA) is 79.3 Å². The number of anilines is 1. The molecule has 2 heterocycles. The third-order valence-electron chi connectivity index (χ3n) is 5.70. The Morgan fingerprint density at radius 1 is 0.938 bits per heavy atom. The van der Waals surface area contributed by atoms with E-state index in [2.05, 4.69) is 20.5 Å². The fourth-order valence-corrected chi connectivity index (χ4v) is 3.93. The first-order valence-corrected chi connectivity index (χ1v) is 11.1. The summed E-state index contributed by atoms with van der Waals surface area (Å²) in [6, 6.07) is 15.6. The molecule has 0 spiro atoms. The van der Waals surface area contributed by atoms with Crippen molar-refractivity contribution in [3.05, 3.63) is 83.9 Å². The highest BCUT2D eigenvalue weighted by molar-refractivity contribution is 6.39. The molecule has 0 atom stereocenters. The Morgan fingerprint density at radius 2 is 1.72 bits per heavy atom. The van der Waals surface area contributed by atoms with Gasteiger partial charge in [-0.2, -0.15) is 0 Å². The average Bonchev–Trinajstić information content (AvgIpc) is 3.52. The van der Waals surface area contributed by atoms with Crippen LogP contribution in [0.4, 0.5) is 5.69 Å². The van der Waals surface area contributed by atoms with E-state index in [4.69, 9.17) is 0 Å². The van der Waals surface area contributed by atoms with Crippen LogP contribution in [0.1, 0.15) is 29.5 Å². The van der Waals surface area contributed by atoms with Crippen LogP contribution < -0.4 is 10.6 Å². The van der Waals surface area contributed by atoms with Crippen molar-refractivity contribution in [2.45, 2.75) is 32.4 Å². The molecule has 1 aliphatic heterocycles. The quantitative estimate of drug-likeness (QED) is 0.538. The highest BCUT2D eigenvalue weighted by Gasteiger charge is 2.14. The van der Waals surface area contributed by atoms with Gasteiger partial charge in [-0.3, -0.25) is 9.59 Å². The molecule has 1 fully saturated rings. The number of benzene rings is 2. The van der Waals surface area contributed by atoms with Gasteiger partial charge in [-0.25, -0.2) is 4.98 Å². The minimum atomic E-state index is -0.663. The van der Waals surface area contributed by atoms with Crippen molar-refractivity contribution in [1.82, 2.24) is 19.8 Å². The van der Waals surface area contributed by atoms with E-state index in [1.807, 2.05) is 59.3 Å². The van der Waals surface area contributed by atoms with E-state index in [1.165, 1.54) is 31.5 Å². The summed E-state index contributed by atoms with van der Waals surface area (Å²) >= 11 is 0. The number of nitrogens with zero attached hydrogens (tertiary/aromatic N) is 3. The predicted octanol–water partition coefficient (Wildman–Crippen LogP) is 2.82. The smallest absolute Gasteiger partial charge is 0.313 e. The van der Waals surface area contributed by atoms with Gasteiger partial charge in [0.1, 0.15) is 0 Å². The fraction of sp³-hybridized carbons (Fsp3) is 0.320. The summed E-state index contributed by atoms with van der Waals surface area (Å²) in [5, 5.41) is 5.36. The molecule has 4 rings (SSSR count). The minimum Gasteiger partial charge on any atom is -0.344 e. The zero-order chi connectivity index (χ0) is 22.2. The molecular formula is C25H29N5O2. The maximum absolute atomic E-state index is 12.3. The lowest BCUT2D eigenvalue weighted by atomic mass is 10.1. The van der Waals surface area contributed by atoms with Crippen LogP contribution in [0.15, 0.2) is 67.3 Å². The zero-order valence-corrected chi connectivity index (χ0v) is 18.2. The fourth-order valence-electron chi connectivity index (χ4n) is 3.93. The van der Waals surface area contributed by atoms with Gasteiger partial charge >= 0.3 is 11.8 Å². The molecule has 0 unspecified atom stereocenters. The Balaban J connectivity index is 1.23. The van der Waals surface area contributed by atoms with Gasteiger partial charge in [0.05, 0.1) is 6.33 Å². The summed E-state index contributed by atoms with van der Waals surface area (Å²) < 4.78 is 1.98. The highest BCUT2D eigenvalue weighted by atomic mass is 16.2. The van der Waals surface area contributed by atoms with Gasteiger partial charge in [-0.15, -0.1) is 0 Å². The van der Waals surface area contributed by atoms with E-state index >= 15 is 0 Å². The molecule has 166 valence electrons. The van der Waals surface area contributed by atoms with Crippen LogP contribution in [0.5, 0.6) is 0 Å². The molecule has 0 saturated carbocycles. The molecule has 1 aromatic heterocycles. The predicted molar refractivity (Wildman–Crippen MR) is 124 cm³/mol. The van der Waals surface area contributed by atoms with Crippen LogP contribution in [0, 0.1) is 0 Å². The Hall–Kier alpha value is -3.45. The second kappa shape index (κ2) is 10.7. The number of amides is 2. The molecule has 0 bridgehead atoms. The van der Waals surface area contributed by atoms with Crippen molar-refractivity contribution >= 4 is 17.5 Å². The van der Waals surface area contributed by atoms with Gasteiger partial charge in [0.2, 0.25) is 0 Å². The second-order valence-electron chi connectivity index (χ2n) is 8.19. The van der Waals surface area contributed by atoms with Gasteiger partial charge in [0.15, 0.2) is 0 Å². The summed E-state index contributed by atoms with van der Waals surface area (Å²) in [4.78, 5) is 31.0. The zero-order valence-electron chi connectivity index (χ0n) is 18.2. The first-order valence-electron chi connectivity index (χ1n) is 11.1. The van der Waals surface area contributed by atoms with Crippen LogP contribution in [0.3, 0.4) is 0 Å². The maximum atomic E-state index is 12.3. The Labute approximate surface area is 188 Å². The number of carbonyl (C=O) groups is 2. The van der Waals surface area contributed by atoms with E-state index in [9.17, 15) is 9.59 Å². The maximum Gasteiger partial charge on any atom is 0.313 e. The van der Waals surface area contributed by atoms with Gasteiger partial charge in [-0.05, 0) is 61.2 Å². The molecule has 0 aliphatic carbocycles. The monoisotopic (exact) mass is 431 g/mol. The number of hydrogen-bond donors (Lipinski definition) is 2. The van der Waals surface area contributed by atoms with Gasteiger partial charge in [0.25, 0.3) is 0 Å². The lowest BCUT2D eigenvalue weighted by Crippen LogP contribution is -2.35. The molecule has 1 saturated heterocycles. The number of rotatable bonds is 8. The number of imidazole rings is 1. The summed E-state index contributed by atoms with van der Waals surface area (Å²) in [6.07, 6.45) is 8.99. The number of aromatic nitrogens is 2. The summed E-state index contributed by atoms with van der Waals surface area (Å²) in [5.74, 6) is -1.31.